The Morgan fingerprint density at radius 3 is 2.53 bits per heavy atom. The molecule has 0 atom stereocenters. The van der Waals surface area contributed by atoms with Gasteiger partial charge in [0.05, 0.1) is 0 Å². The summed E-state index contributed by atoms with van der Waals surface area (Å²) in [5, 5.41) is 16.2. The molecule has 4 N–H and O–H groups in total. The van der Waals surface area contributed by atoms with Crippen LogP contribution in [-0.4, -0.2) is 62.1 Å². The van der Waals surface area contributed by atoms with Gasteiger partial charge in [-0.2, -0.15) is 0 Å². The third-order valence-electron chi connectivity index (χ3n) is 5.81. The summed E-state index contributed by atoms with van der Waals surface area (Å²) in [7, 11) is 0. The van der Waals surface area contributed by atoms with Crippen molar-refractivity contribution >= 4 is 47.0 Å². The number of hydrogen-bond acceptors (Lipinski definition) is 9. The second-order valence-corrected chi connectivity index (χ2v) is 9.99. The number of benzene rings is 1. The zero-order valence-electron chi connectivity index (χ0n) is 21.6. The first kappa shape index (κ1) is 26.9. The highest BCUT2D eigenvalue weighted by molar-refractivity contribution is 7.99. The molecule has 200 valence electrons. The number of carbonyl (C=O) groups is 3. The van der Waals surface area contributed by atoms with Crippen molar-refractivity contribution in [1.82, 2.24) is 30.4 Å². The molecule has 0 aliphatic carbocycles. The second-order valence-electron chi connectivity index (χ2n) is 8.98. The lowest BCUT2D eigenvalue weighted by Gasteiger charge is -2.31. The van der Waals surface area contributed by atoms with Gasteiger partial charge >= 0.3 is 12.0 Å². The van der Waals surface area contributed by atoms with Crippen LogP contribution in [-0.2, 0) is 9.59 Å². The van der Waals surface area contributed by atoms with Crippen molar-refractivity contribution < 1.29 is 19.1 Å². The van der Waals surface area contributed by atoms with E-state index in [2.05, 4.69) is 36.1 Å². The number of anilines is 3. The minimum atomic E-state index is -0.455. The number of aromatic nitrogens is 4. The summed E-state index contributed by atoms with van der Waals surface area (Å²) < 4.78 is 4.95. The number of aryl methyl sites for hydroxylation is 2. The molecule has 0 saturated carbocycles. The largest absolute Gasteiger partial charge is 0.406 e. The van der Waals surface area contributed by atoms with Crippen molar-refractivity contribution in [3.05, 3.63) is 41.6 Å². The van der Waals surface area contributed by atoms with Crippen molar-refractivity contribution in [2.24, 2.45) is 0 Å². The quantitative estimate of drug-likeness (QED) is 0.260. The molecule has 1 fully saturated rings. The van der Waals surface area contributed by atoms with E-state index in [1.54, 1.807) is 24.0 Å². The van der Waals surface area contributed by atoms with Crippen molar-refractivity contribution in [2.45, 2.75) is 56.6 Å². The molecule has 13 heteroatoms. The predicted octanol–water partition coefficient (Wildman–Crippen LogP) is 3.77. The van der Waals surface area contributed by atoms with Crippen LogP contribution < -0.4 is 20.7 Å². The Bertz CT molecular complexity index is 1340. The predicted molar refractivity (Wildman–Crippen MR) is 143 cm³/mol. The number of amides is 3. The molecule has 2 aromatic heterocycles. The number of piperidine rings is 1. The molecule has 0 radical (unpaired) electrons. The fraction of sp³-hybridized carbons (Fsp3) is 0.360. The van der Waals surface area contributed by atoms with Crippen LogP contribution in [0.25, 0.3) is 0 Å². The van der Waals surface area contributed by atoms with E-state index in [1.807, 2.05) is 32.0 Å². The Labute approximate surface area is 224 Å². The number of likely N-dealkylation sites (tertiary alicyclic amines) is 1. The number of hydrogen-bond donors (Lipinski definition) is 4. The van der Waals surface area contributed by atoms with Crippen LogP contribution in [0.2, 0.25) is 0 Å². The summed E-state index contributed by atoms with van der Waals surface area (Å²) in [6.45, 7) is 8.01. The van der Waals surface area contributed by atoms with E-state index < -0.39 is 5.97 Å². The third kappa shape index (κ3) is 7.44. The van der Waals surface area contributed by atoms with Crippen molar-refractivity contribution in [1.29, 1.82) is 0 Å². The maximum Gasteiger partial charge on any atom is 0.319 e. The molecule has 0 unspecified atom stereocenters. The lowest BCUT2D eigenvalue weighted by molar-refractivity contribution is -0.132. The zero-order chi connectivity index (χ0) is 27.2. The minimum Gasteiger partial charge on any atom is -0.406 e. The molecule has 1 aromatic carbocycles. The Morgan fingerprint density at radius 2 is 1.84 bits per heavy atom. The molecule has 0 spiro atoms. The highest BCUT2D eigenvalue weighted by atomic mass is 32.2. The molecule has 3 amide bonds. The first-order valence-electron chi connectivity index (χ1n) is 12.1. The number of carbonyl (C=O) groups excluding carboxylic acids is 3. The van der Waals surface area contributed by atoms with Gasteiger partial charge in [-0.3, -0.25) is 14.7 Å². The van der Waals surface area contributed by atoms with Crippen molar-refractivity contribution in [3.63, 3.8) is 0 Å². The van der Waals surface area contributed by atoms with Crippen LogP contribution >= 0.6 is 11.8 Å². The fourth-order valence-electron chi connectivity index (χ4n) is 3.99. The van der Waals surface area contributed by atoms with Crippen molar-refractivity contribution in [2.75, 3.05) is 23.7 Å². The molecule has 0 bridgehead atoms. The van der Waals surface area contributed by atoms with Gasteiger partial charge in [0.15, 0.2) is 5.16 Å². The van der Waals surface area contributed by atoms with Crippen LogP contribution in [0.5, 0.6) is 5.88 Å². The van der Waals surface area contributed by atoms with E-state index in [1.165, 1.54) is 18.7 Å². The average molecular weight is 539 g/mol. The van der Waals surface area contributed by atoms with Gasteiger partial charge in [0.1, 0.15) is 11.6 Å². The Morgan fingerprint density at radius 1 is 1.08 bits per heavy atom. The number of aromatic amines is 1. The number of urea groups is 1. The van der Waals surface area contributed by atoms with Crippen LogP contribution in [0.15, 0.2) is 40.4 Å². The molecular formula is C25H30N8O4S. The minimum absolute atomic E-state index is 0.0396. The van der Waals surface area contributed by atoms with Gasteiger partial charge in [0.25, 0.3) is 0 Å². The van der Waals surface area contributed by atoms with E-state index >= 15 is 0 Å². The van der Waals surface area contributed by atoms with Crippen LogP contribution in [0.4, 0.5) is 22.1 Å². The Balaban J connectivity index is 1.35. The zero-order valence-corrected chi connectivity index (χ0v) is 22.4. The topological polar surface area (TPSA) is 154 Å². The molecule has 4 rings (SSSR count). The maximum absolute atomic E-state index is 12.5. The van der Waals surface area contributed by atoms with E-state index in [4.69, 9.17) is 4.74 Å². The first-order chi connectivity index (χ1) is 18.1. The van der Waals surface area contributed by atoms with Crippen LogP contribution in [0.3, 0.4) is 0 Å². The molecule has 3 aromatic rings. The fourth-order valence-corrected chi connectivity index (χ4v) is 4.87. The van der Waals surface area contributed by atoms with E-state index in [-0.39, 0.29) is 23.9 Å². The molecule has 1 saturated heterocycles. The molecule has 12 nitrogen and oxygen atoms in total. The number of H-pyrrole nitrogens is 1. The maximum atomic E-state index is 12.5. The number of nitrogens with zero attached hydrogens (tertiary/aromatic N) is 4. The highest BCUT2D eigenvalue weighted by Gasteiger charge is 2.22. The van der Waals surface area contributed by atoms with Gasteiger partial charge in [0, 0.05) is 61.4 Å². The molecule has 38 heavy (non-hydrogen) atoms. The van der Waals surface area contributed by atoms with Gasteiger partial charge in [-0.15, -0.1) is 5.10 Å². The summed E-state index contributed by atoms with van der Waals surface area (Å²) in [6.07, 6.45) is 1.48. The van der Waals surface area contributed by atoms with Gasteiger partial charge in [-0.1, -0.05) is 0 Å². The highest BCUT2D eigenvalue weighted by Crippen LogP contribution is 2.31. The molecule has 1 aliphatic rings. The van der Waals surface area contributed by atoms with Gasteiger partial charge in [-0.25, -0.2) is 14.8 Å². The second kappa shape index (κ2) is 11.9. The SMILES string of the molecule is CC(=O)Oc1cc(Nc2cc(C)nc(Sc3ccc(NC(=O)NC4CCN(C(C)=O)CC4)cc3C)n2)[nH]n1. The monoisotopic (exact) mass is 538 g/mol. The van der Waals surface area contributed by atoms with Gasteiger partial charge in [-0.05, 0) is 62.2 Å². The van der Waals surface area contributed by atoms with E-state index in [0.717, 1.165) is 29.0 Å². The summed E-state index contributed by atoms with van der Waals surface area (Å²) in [6, 6.07) is 8.78. The smallest absolute Gasteiger partial charge is 0.319 e. The van der Waals surface area contributed by atoms with E-state index in [9.17, 15) is 14.4 Å². The lowest BCUT2D eigenvalue weighted by Crippen LogP contribution is -2.47. The number of rotatable bonds is 7. The third-order valence-corrected chi connectivity index (χ3v) is 6.85. The normalized spacial score (nSPS) is 13.6. The van der Waals surface area contributed by atoms with Gasteiger partial charge in [0.2, 0.25) is 11.8 Å². The Hall–Kier alpha value is -4.13. The number of esters is 1. The average Bonchev–Trinajstić information content (AvgIpc) is 3.26. The Kier molecular flexibility index (Phi) is 8.46. The van der Waals surface area contributed by atoms with Crippen LogP contribution in [0.1, 0.15) is 37.9 Å². The first-order valence-corrected chi connectivity index (χ1v) is 12.9. The lowest BCUT2D eigenvalue weighted by atomic mass is 10.1. The molecular weight excluding hydrogens is 508 g/mol. The van der Waals surface area contributed by atoms with Crippen LogP contribution in [0, 0.1) is 13.8 Å². The number of nitrogens with one attached hydrogen (secondary N) is 4. The standard InChI is InChI=1S/C25H30N8O4S/c1-14-11-19(28-24(36)27-18-7-9-33(10-8-18)16(3)34)5-6-20(14)38-25-26-15(2)12-21(30-25)29-22-13-23(32-31-22)37-17(4)35/h5-6,11-13,18H,7-10H2,1-4H3,(H2,27,28,36)(H2,26,29,30,31,32). The number of ether oxygens (including phenoxy) is 1. The summed E-state index contributed by atoms with van der Waals surface area (Å²) in [5.74, 6) is 0.849. The molecule has 1 aliphatic heterocycles. The van der Waals surface area contributed by atoms with Gasteiger partial charge < -0.3 is 25.6 Å². The van der Waals surface area contributed by atoms with Crippen molar-refractivity contribution in [3.8, 4) is 5.88 Å². The summed E-state index contributed by atoms with van der Waals surface area (Å²) in [4.78, 5) is 46.9. The van der Waals surface area contributed by atoms with E-state index in [0.29, 0.717) is 35.6 Å². The molecule has 3 heterocycles. The summed E-state index contributed by atoms with van der Waals surface area (Å²) >= 11 is 1.41. The summed E-state index contributed by atoms with van der Waals surface area (Å²) in [5.41, 5.74) is 2.41.